The maximum Gasteiger partial charge on any atom is 0.305 e. The zero-order valence-electron chi connectivity index (χ0n) is 19.3. The van der Waals surface area contributed by atoms with E-state index in [2.05, 4.69) is 71.1 Å². The molecule has 4 rings (SSSR count). The maximum absolute atomic E-state index is 11.7. The SMILES string of the molecule is C[C@H](CNCc1ccc(CCNC[C@H](O)c2ccc(O)c3[nH]c(=O)sc23)cc1)c1ccccc1. The molecule has 0 amide bonds. The number of rotatable bonds is 11. The number of fused-ring (bicyclic) bond motifs is 1. The highest BCUT2D eigenvalue weighted by Gasteiger charge is 2.15. The number of H-pyrrole nitrogens is 1. The minimum absolute atomic E-state index is 0.0154. The molecule has 0 saturated heterocycles. The summed E-state index contributed by atoms with van der Waals surface area (Å²) in [5.41, 5.74) is 4.87. The highest BCUT2D eigenvalue weighted by atomic mass is 32.1. The second-order valence-corrected chi connectivity index (χ2v) is 9.60. The fourth-order valence-electron chi connectivity index (χ4n) is 4.04. The van der Waals surface area contributed by atoms with E-state index in [1.807, 2.05) is 6.07 Å². The quantitative estimate of drug-likeness (QED) is 0.210. The topological polar surface area (TPSA) is 97.4 Å². The molecule has 4 aromatic rings. The lowest BCUT2D eigenvalue weighted by atomic mass is 10.0. The summed E-state index contributed by atoms with van der Waals surface area (Å²) in [6, 6.07) is 22.3. The molecule has 0 aliphatic carbocycles. The van der Waals surface area contributed by atoms with Gasteiger partial charge < -0.3 is 25.8 Å². The van der Waals surface area contributed by atoms with Crippen LogP contribution in [0.4, 0.5) is 0 Å². The first-order chi connectivity index (χ1) is 16.5. The van der Waals surface area contributed by atoms with Crippen molar-refractivity contribution in [2.24, 2.45) is 0 Å². The highest BCUT2D eigenvalue weighted by molar-refractivity contribution is 7.16. The first-order valence-electron chi connectivity index (χ1n) is 11.6. The monoisotopic (exact) mass is 477 g/mol. The van der Waals surface area contributed by atoms with Gasteiger partial charge in [0.25, 0.3) is 0 Å². The number of thiazole rings is 1. The third kappa shape index (κ3) is 6.12. The van der Waals surface area contributed by atoms with E-state index in [0.29, 0.717) is 28.2 Å². The van der Waals surface area contributed by atoms with Crippen LogP contribution in [0.5, 0.6) is 5.75 Å². The summed E-state index contributed by atoms with van der Waals surface area (Å²) in [5, 5.41) is 27.3. The molecule has 0 aliphatic rings. The Morgan fingerprint density at radius 2 is 1.68 bits per heavy atom. The molecule has 178 valence electrons. The number of phenolic OH excluding ortho intramolecular Hbond substituents is 1. The number of aromatic hydroxyl groups is 1. The molecular formula is C27H31N3O3S. The maximum atomic E-state index is 11.7. The molecule has 0 saturated carbocycles. The molecule has 0 radical (unpaired) electrons. The number of phenols is 1. The molecule has 1 aromatic heterocycles. The van der Waals surface area contributed by atoms with Crippen LogP contribution >= 0.6 is 11.3 Å². The number of hydrogen-bond donors (Lipinski definition) is 5. The van der Waals surface area contributed by atoms with Crippen molar-refractivity contribution in [2.45, 2.75) is 31.9 Å². The van der Waals surface area contributed by atoms with Crippen LogP contribution in [-0.4, -0.2) is 34.8 Å². The molecule has 5 N–H and O–H groups in total. The summed E-state index contributed by atoms with van der Waals surface area (Å²) in [5.74, 6) is 0.487. The largest absolute Gasteiger partial charge is 0.506 e. The summed E-state index contributed by atoms with van der Waals surface area (Å²) in [6.45, 7) is 5.11. The highest BCUT2D eigenvalue weighted by Crippen LogP contribution is 2.31. The number of nitrogens with one attached hydrogen (secondary N) is 3. The van der Waals surface area contributed by atoms with Gasteiger partial charge in [-0.05, 0) is 41.6 Å². The molecule has 1 heterocycles. The molecule has 0 fully saturated rings. The Balaban J connectivity index is 1.20. The van der Waals surface area contributed by atoms with Gasteiger partial charge in [0.15, 0.2) is 0 Å². The van der Waals surface area contributed by atoms with Crippen molar-refractivity contribution in [1.29, 1.82) is 0 Å². The van der Waals surface area contributed by atoms with Gasteiger partial charge in [-0.2, -0.15) is 0 Å². The van der Waals surface area contributed by atoms with Crippen LogP contribution < -0.4 is 15.5 Å². The van der Waals surface area contributed by atoms with Crippen LogP contribution in [0.3, 0.4) is 0 Å². The summed E-state index contributed by atoms with van der Waals surface area (Å²) in [7, 11) is 0. The van der Waals surface area contributed by atoms with Crippen LogP contribution in [0.1, 0.15) is 41.2 Å². The minimum atomic E-state index is -0.763. The first kappa shape index (κ1) is 24.2. The average molecular weight is 478 g/mol. The molecule has 34 heavy (non-hydrogen) atoms. The van der Waals surface area contributed by atoms with Crippen molar-refractivity contribution < 1.29 is 10.2 Å². The average Bonchev–Trinajstić information content (AvgIpc) is 3.25. The van der Waals surface area contributed by atoms with Gasteiger partial charge in [-0.25, -0.2) is 0 Å². The van der Waals surface area contributed by atoms with E-state index in [4.69, 9.17) is 0 Å². The van der Waals surface area contributed by atoms with Crippen LogP contribution in [0.2, 0.25) is 0 Å². The summed E-state index contributed by atoms with van der Waals surface area (Å²) in [6.07, 6.45) is 0.0924. The third-order valence-electron chi connectivity index (χ3n) is 6.05. The van der Waals surface area contributed by atoms with Crippen LogP contribution in [-0.2, 0) is 13.0 Å². The molecule has 3 aromatic carbocycles. The van der Waals surface area contributed by atoms with E-state index in [1.54, 1.807) is 6.07 Å². The van der Waals surface area contributed by atoms with Gasteiger partial charge in [0.2, 0.25) is 0 Å². The molecular weight excluding hydrogens is 446 g/mol. The number of benzene rings is 3. The molecule has 0 unspecified atom stereocenters. The van der Waals surface area contributed by atoms with E-state index >= 15 is 0 Å². The molecule has 0 spiro atoms. The second-order valence-electron chi connectivity index (χ2n) is 8.62. The fourth-order valence-corrected chi connectivity index (χ4v) is 4.96. The van der Waals surface area contributed by atoms with E-state index in [-0.39, 0.29) is 10.6 Å². The Morgan fingerprint density at radius 3 is 2.44 bits per heavy atom. The van der Waals surface area contributed by atoms with E-state index in [0.717, 1.165) is 37.4 Å². The standard InChI is InChI=1S/C27H31N3O3S/c1-18(21-5-3-2-4-6-21)15-29-16-20-9-7-19(8-10-20)13-14-28-17-24(32)22-11-12-23(31)25-26(22)34-27(33)30-25/h2-12,18,24,28-29,31-32H,13-17H2,1H3,(H,30,33)/t18-,24+/m1/s1. The van der Waals surface area contributed by atoms with Crippen LogP contribution in [0.15, 0.2) is 71.5 Å². The van der Waals surface area contributed by atoms with Crippen molar-refractivity contribution in [3.63, 3.8) is 0 Å². The van der Waals surface area contributed by atoms with Crippen molar-refractivity contribution in [3.05, 3.63) is 98.7 Å². The lowest BCUT2D eigenvalue weighted by molar-refractivity contribution is 0.176. The van der Waals surface area contributed by atoms with Crippen molar-refractivity contribution in [1.82, 2.24) is 15.6 Å². The van der Waals surface area contributed by atoms with Gasteiger partial charge in [0, 0.05) is 25.2 Å². The lowest BCUT2D eigenvalue weighted by Gasteiger charge is -2.14. The van der Waals surface area contributed by atoms with Gasteiger partial charge in [-0.3, -0.25) is 4.79 Å². The summed E-state index contributed by atoms with van der Waals surface area (Å²) >= 11 is 1.00. The van der Waals surface area contributed by atoms with Crippen LogP contribution in [0.25, 0.3) is 10.2 Å². The molecule has 0 aliphatic heterocycles. The normalized spacial score (nSPS) is 13.2. The Morgan fingerprint density at radius 1 is 0.941 bits per heavy atom. The third-order valence-corrected chi connectivity index (χ3v) is 6.98. The smallest absolute Gasteiger partial charge is 0.305 e. The van der Waals surface area contributed by atoms with E-state index in [9.17, 15) is 15.0 Å². The van der Waals surface area contributed by atoms with Gasteiger partial charge in [-0.15, -0.1) is 0 Å². The van der Waals surface area contributed by atoms with E-state index < -0.39 is 6.10 Å². The van der Waals surface area contributed by atoms with Gasteiger partial charge in [0.05, 0.1) is 10.8 Å². The fraction of sp³-hybridized carbons (Fsp3) is 0.296. The first-order valence-corrected chi connectivity index (χ1v) is 12.4. The summed E-state index contributed by atoms with van der Waals surface area (Å²) < 4.78 is 0.599. The Labute approximate surface area is 203 Å². The number of aromatic nitrogens is 1. The predicted octanol–water partition coefficient (Wildman–Crippen LogP) is 4.05. The van der Waals surface area contributed by atoms with E-state index in [1.165, 1.54) is 22.8 Å². The zero-order valence-corrected chi connectivity index (χ0v) is 20.1. The molecule has 7 heteroatoms. The molecule has 2 atom stereocenters. The predicted molar refractivity (Wildman–Crippen MR) is 139 cm³/mol. The minimum Gasteiger partial charge on any atom is -0.506 e. The van der Waals surface area contributed by atoms with Crippen LogP contribution in [0, 0.1) is 0 Å². The van der Waals surface area contributed by atoms with Gasteiger partial charge >= 0.3 is 4.87 Å². The number of hydrogen-bond acceptors (Lipinski definition) is 6. The number of aliphatic hydroxyl groups excluding tert-OH is 1. The Bertz CT molecular complexity index is 1250. The van der Waals surface area contributed by atoms with Gasteiger partial charge in [0.1, 0.15) is 11.3 Å². The molecule has 0 bridgehead atoms. The van der Waals surface area contributed by atoms with Crippen molar-refractivity contribution >= 4 is 21.6 Å². The second kappa shape index (κ2) is 11.4. The Hall–Kier alpha value is -2.97. The lowest BCUT2D eigenvalue weighted by Crippen LogP contribution is -2.23. The number of aromatic amines is 1. The number of aliphatic hydroxyl groups is 1. The van der Waals surface area contributed by atoms with Crippen molar-refractivity contribution in [2.75, 3.05) is 19.6 Å². The van der Waals surface area contributed by atoms with Crippen molar-refractivity contribution in [3.8, 4) is 5.75 Å². The molecule has 6 nitrogen and oxygen atoms in total. The Kier molecular flexibility index (Phi) is 8.13. The zero-order chi connectivity index (χ0) is 23.9. The van der Waals surface area contributed by atoms with Gasteiger partial charge in [-0.1, -0.05) is 78.9 Å². The summed E-state index contributed by atoms with van der Waals surface area (Å²) in [4.78, 5) is 14.0.